The average molecular weight is 318 g/mol. The summed E-state index contributed by atoms with van der Waals surface area (Å²) in [5, 5.41) is 5.46. The first-order valence-corrected chi connectivity index (χ1v) is 7.47. The van der Waals surface area contributed by atoms with Gasteiger partial charge in [0.2, 0.25) is 5.91 Å². The van der Waals surface area contributed by atoms with Gasteiger partial charge < -0.3 is 20.1 Å². The van der Waals surface area contributed by atoms with Crippen LogP contribution in [0.1, 0.15) is 24.2 Å². The zero-order chi connectivity index (χ0) is 16.9. The average Bonchev–Trinajstić information content (AvgIpc) is 2.52. The molecule has 0 aliphatic carbocycles. The fourth-order valence-corrected chi connectivity index (χ4v) is 2.26. The van der Waals surface area contributed by atoms with Gasteiger partial charge in [-0.3, -0.25) is 9.59 Å². The molecule has 124 valence electrons. The van der Waals surface area contributed by atoms with E-state index in [2.05, 4.69) is 17.2 Å². The van der Waals surface area contributed by atoms with E-state index >= 15 is 0 Å². The summed E-state index contributed by atoms with van der Waals surface area (Å²) in [4.78, 5) is 23.3. The van der Waals surface area contributed by atoms with Crippen LogP contribution in [-0.2, 0) is 14.3 Å². The van der Waals surface area contributed by atoms with E-state index in [0.717, 1.165) is 0 Å². The minimum Gasteiger partial charge on any atom is -0.376 e. The standard InChI is InChI=1S/C17H22N2O4/c1-4-15(20)19-13-7-5-12(6-8-13)16(21)18-9-14-10-22-11-17(2,3)23-14/h4-8,14H,1,9-11H2,2-3H3,(H,18,21)(H,19,20). The van der Waals surface area contributed by atoms with E-state index in [1.54, 1.807) is 24.3 Å². The predicted molar refractivity (Wildman–Crippen MR) is 87.4 cm³/mol. The molecule has 2 N–H and O–H groups in total. The van der Waals surface area contributed by atoms with Gasteiger partial charge in [-0.2, -0.15) is 0 Å². The lowest BCUT2D eigenvalue weighted by molar-refractivity contribution is -0.179. The third-order valence-electron chi connectivity index (χ3n) is 3.33. The zero-order valence-corrected chi connectivity index (χ0v) is 13.4. The number of rotatable bonds is 5. The molecule has 1 unspecified atom stereocenters. The van der Waals surface area contributed by atoms with Crippen molar-refractivity contribution in [2.75, 3.05) is 25.1 Å². The van der Waals surface area contributed by atoms with Crippen LogP contribution >= 0.6 is 0 Å². The molecule has 0 radical (unpaired) electrons. The lowest BCUT2D eigenvalue weighted by Crippen LogP contribution is -2.47. The molecule has 1 aliphatic heterocycles. The van der Waals surface area contributed by atoms with Crippen molar-refractivity contribution in [3.8, 4) is 0 Å². The maximum Gasteiger partial charge on any atom is 0.251 e. The highest BCUT2D eigenvalue weighted by atomic mass is 16.6. The van der Waals surface area contributed by atoms with Crippen molar-refractivity contribution >= 4 is 17.5 Å². The van der Waals surface area contributed by atoms with Crippen molar-refractivity contribution in [3.63, 3.8) is 0 Å². The van der Waals surface area contributed by atoms with Crippen molar-refractivity contribution in [2.24, 2.45) is 0 Å². The molecule has 2 amide bonds. The highest BCUT2D eigenvalue weighted by Crippen LogP contribution is 2.18. The molecule has 1 aliphatic rings. The third-order valence-corrected chi connectivity index (χ3v) is 3.33. The first kappa shape index (κ1) is 17.2. The first-order chi connectivity index (χ1) is 10.9. The second kappa shape index (κ2) is 7.39. The van der Waals surface area contributed by atoms with E-state index in [1.165, 1.54) is 6.08 Å². The minimum atomic E-state index is -0.335. The van der Waals surface area contributed by atoms with Gasteiger partial charge in [0.25, 0.3) is 5.91 Å². The number of anilines is 1. The van der Waals surface area contributed by atoms with Crippen LogP contribution in [0.25, 0.3) is 0 Å². The largest absolute Gasteiger partial charge is 0.376 e. The van der Waals surface area contributed by atoms with Gasteiger partial charge in [0.1, 0.15) is 0 Å². The monoisotopic (exact) mass is 318 g/mol. The normalized spacial score (nSPS) is 19.7. The third kappa shape index (κ3) is 5.19. The van der Waals surface area contributed by atoms with Crippen LogP contribution in [0.3, 0.4) is 0 Å². The lowest BCUT2D eigenvalue weighted by Gasteiger charge is -2.35. The van der Waals surface area contributed by atoms with Gasteiger partial charge in [-0.25, -0.2) is 0 Å². The number of ether oxygens (including phenoxy) is 2. The Balaban J connectivity index is 1.86. The molecule has 0 saturated carbocycles. The first-order valence-electron chi connectivity index (χ1n) is 7.47. The van der Waals surface area contributed by atoms with Gasteiger partial charge in [0, 0.05) is 17.8 Å². The Morgan fingerprint density at radius 3 is 2.65 bits per heavy atom. The lowest BCUT2D eigenvalue weighted by atomic mass is 10.1. The van der Waals surface area contributed by atoms with E-state index in [-0.39, 0.29) is 23.5 Å². The Labute approximate surface area is 135 Å². The fraction of sp³-hybridized carbons (Fsp3) is 0.412. The molecule has 1 atom stereocenters. The number of hydrogen-bond acceptors (Lipinski definition) is 4. The number of hydrogen-bond donors (Lipinski definition) is 2. The summed E-state index contributed by atoms with van der Waals surface area (Å²) < 4.78 is 11.3. The van der Waals surface area contributed by atoms with Gasteiger partial charge in [-0.15, -0.1) is 0 Å². The Morgan fingerprint density at radius 1 is 1.35 bits per heavy atom. The number of nitrogens with one attached hydrogen (secondary N) is 2. The smallest absolute Gasteiger partial charge is 0.251 e. The van der Waals surface area contributed by atoms with Crippen LogP contribution in [-0.4, -0.2) is 43.3 Å². The van der Waals surface area contributed by atoms with Crippen molar-refractivity contribution in [3.05, 3.63) is 42.5 Å². The number of amides is 2. The van der Waals surface area contributed by atoms with Crippen LogP contribution in [0.2, 0.25) is 0 Å². The van der Waals surface area contributed by atoms with E-state index in [1.807, 2.05) is 13.8 Å². The fourth-order valence-electron chi connectivity index (χ4n) is 2.26. The molecule has 1 heterocycles. The Hall–Kier alpha value is -2.18. The molecule has 1 aromatic carbocycles. The summed E-state index contributed by atoms with van der Waals surface area (Å²) >= 11 is 0. The second-order valence-corrected chi connectivity index (χ2v) is 6.00. The quantitative estimate of drug-likeness (QED) is 0.811. The Morgan fingerprint density at radius 2 is 2.04 bits per heavy atom. The van der Waals surface area contributed by atoms with E-state index in [4.69, 9.17) is 9.47 Å². The van der Waals surface area contributed by atoms with E-state index in [0.29, 0.717) is 31.0 Å². The predicted octanol–water partition coefficient (Wildman–Crippen LogP) is 1.73. The Bertz CT molecular complexity index is 581. The molecule has 6 nitrogen and oxygen atoms in total. The van der Waals surface area contributed by atoms with Crippen LogP contribution in [0.4, 0.5) is 5.69 Å². The minimum absolute atomic E-state index is 0.158. The summed E-state index contributed by atoms with van der Waals surface area (Å²) in [7, 11) is 0. The summed E-state index contributed by atoms with van der Waals surface area (Å²) in [6.45, 7) is 8.70. The molecular weight excluding hydrogens is 296 g/mol. The van der Waals surface area contributed by atoms with Crippen LogP contribution in [0, 0.1) is 0 Å². The SMILES string of the molecule is C=CC(=O)Nc1ccc(C(=O)NCC2COCC(C)(C)O2)cc1. The van der Waals surface area contributed by atoms with Crippen molar-refractivity contribution in [1.29, 1.82) is 0 Å². The zero-order valence-electron chi connectivity index (χ0n) is 13.4. The molecule has 23 heavy (non-hydrogen) atoms. The number of carbonyl (C=O) groups is 2. The molecule has 1 aromatic rings. The van der Waals surface area contributed by atoms with Crippen LogP contribution in [0.5, 0.6) is 0 Å². The van der Waals surface area contributed by atoms with Gasteiger partial charge in [-0.05, 0) is 44.2 Å². The Kier molecular flexibility index (Phi) is 5.52. The van der Waals surface area contributed by atoms with E-state index < -0.39 is 0 Å². The molecule has 1 fully saturated rings. The van der Waals surface area contributed by atoms with Gasteiger partial charge >= 0.3 is 0 Å². The highest BCUT2D eigenvalue weighted by molar-refractivity contribution is 5.99. The van der Waals surface area contributed by atoms with Crippen molar-refractivity contribution in [1.82, 2.24) is 5.32 Å². The van der Waals surface area contributed by atoms with E-state index in [9.17, 15) is 9.59 Å². The molecule has 0 spiro atoms. The number of carbonyl (C=O) groups excluding carboxylic acids is 2. The summed E-state index contributed by atoms with van der Waals surface area (Å²) in [6.07, 6.45) is 1.03. The van der Waals surface area contributed by atoms with Crippen molar-refractivity contribution < 1.29 is 19.1 Å². The molecule has 0 aromatic heterocycles. The molecule has 1 saturated heterocycles. The topological polar surface area (TPSA) is 76.7 Å². The highest BCUT2D eigenvalue weighted by Gasteiger charge is 2.29. The molecule has 2 rings (SSSR count). The number of benzene rings is 1. The van der Waals surface area contributed by atoms with Gasteiger partial charge in [0.05, 0.1) is 24.9 Å². The molecule has 6 heteroatoms. The summed E-state index contributed by atoms with van der Waals surface area (Å²) in [5.41, 5.74) is 0.786. The maximum atomic E-state index is 12.1. The van der Waals surface area contributed by atoms with Crippen molar-refractivity contribution in [2.45, 2.75) is 25.6 Å². The second-order valence-electron chi connectivity index (χ2n) is 6.00. The summed E-state index contributed by atoms with van der Waals surface area (Å²) in [6, 6.07) is 6.63. The van der Waals surface area contributed by atoms with Crippen LogP contribution < -0.4 is 10.6 Å². The molecule has 0 bridgehead atoms. The van der Waals surface area contributed by atoms with Crippen LogP contribution in [0.15, 0.2) is 36.9 Å². The van der Waals surface area contributed by atoms with Gasteiger partial charge in [0.15, 0.2) is 0 Å². The summed E-state index contributed by atoms with van der Waals surface area (Å²) in [5.74, 6) is -0.488. The van der Waals surface area contributed by atoms with Gasteiger partial charge in [-0.1, -0.05) is 6.58 Å². The maximum absolute atomic E-state index is 12.1. The molecular formula is C17H22N2O4.